The first-order valence-electron chi connectivity index (χ1n) is 7.37. The molecule has 0 saturated heterocycles. The molecule has 0 amide bonds. The van der Waals surface area contributed by atoms with Crippen LogP contribution in [0.15, 0.2) is 24.3 Å². The second-order valence-corrected chi connectivity index (χ2v) is 7.21. The monoisotopic (exact) mass is 296 g/mol. The van der Waals surface area contributed by atoms with Crippen molar-refractivity contribution in [1.29, 1.82) is 0 Å². The number of hydrogen-bond acceptors (Lipinski definition) is 3. The van der Waals surface area contributed by atoms with Crippen LogP contribution in [0.25, 0.3) is 0 Å². The van der Waals surface area contributed by atoms with Crippen LogP contribution in [-0.2, 0) is 22.3 Å². The van der Waals surface area contributed by atoms with Crippen LogP contribution in [0.4, 0.5) is 0 Å². The summed E-state index contributed by atoms with van der Waals surface area (Å²) in [5.74, 6) is 0.0729. The van der Waals surface area contributed by atoms with Gasteiger partial charge in [0.1, 0.15) is 0 Å². The fourth-order valence-corrected chi connectivity index (χ4v) is 4.10. The molecule has 112 valence electrons. The summed E-state index contributed by atoms with van der Waals surface area (Å²) in [5.41, 5.74) is 1.98. The van der Waals surface area contributed by atoms with Crippen LogP contribution in [0.2, 0.25) is 0 Å². The molecule has 1 saturated carbocycles. The fourth-order valence-electron chi connectivity index (χ4n) is 2.66. The number of rotatable bonds is 7. The first-order chi connectivity index (χ1) is 9.59. The first-order valence-corrected chi connectivity index (χ1v) is 9.03. The summed E-state index contributed by atoms with van der Waals surface area (Å²) < 4.78 is 27.1. The predicted molar refractivity (Wildman–Crippen MR) is 81.8 cm³/mol. The normalized spacial score (nSPS) is 16.6. The zero-order valence-corrected chi connectivity index (χ0v) is 12.9. The molecular formula is C15H24N2O2S. The van der Waals surface area contributed by atoms with Crippen LogP contribution in [0.5, 0.6) is 0 Å². The number of hydrogen-bond donors (Lipinski definition) is 2. The lowest BCUT2D eigenvalue weighted by molar-refractivity contribution is 0.551. The first kappa shape index (κ1) is 15.5. The maximum Gasteiger partial charge on any atom is 0.216 e. The van der Waals surface area contributed by atoms with Crippen molar-refractivity contribution in [2.24, 2.45) is 0 Å². The average Bonchev–Trinajstić information content (AvgIpc) is 2.88. The van der Waals surface area contributed by atoms with Gasteiger partial charge in [-0.05, 0) is 30.5 Å². The zero-order valence-electron chi connectivity index (χ0n) is 12.1. The third kappa shape index (κ3) is 4.89. The van der Waals surface area contributed by atoms with E-state index in [9.17, 15) is 8.42 Å². The maximum atomic E-state index is 12.2. The molecule has 0 heterocycles. The summed E-state index contributed by atoms with van der Waals surface area (Å²) in [4.78, 5) is 0. The molecule has 1 aliphatic carbocycles. The van der Waals surface area contributed by atoms with Crippen molar-refractivity contribution in [3.05, 3.63) is 35.4 Å². The van der Waals surface area contributed by atoms with E-state index in [1.54, 1.807) is 0 Å². The van der Waals surface area contributed by atoms with Crippen LogP contribution in [0.1, 0.15) is 43.7 Å². The van der Waals surface area contributed by atoms with Crippen LogP contribution in [-0.4, -0.2) is 21.0 Å². The van der Waals surface area contributed by atoms with Crippen molar-refractivity contribution in [2.75, 3.05) is 6.54 Å². The summed E-state index contributed by atoms with van der Waals surface area (Å²) in [5, 5.41) is 3.25. The van der Waals surface area contributed by atoms with Crippen molar-refractivity contribution in [2.45, 2.75) is 50.9 Å². The maximum absolute atomic E-state index is 12.2. The van der Waals surface area contributed by atoms with Crippen LogP contribution < -0.4 is 10.0 Å². The molecule has 0 spiro atoms. The molecule has 0 aromatic heterocycles. The van der Waals surface area contributed by atoms with Crippen LogP contribution in [0.3, 0.4) is 0 Å². The van der Waals surface area contributed by atoms with Crippen molar-refractivity contribution in [1.82, 2.24) is 10.0 Å². The summed E-state index contributed by atoms with van der Waals surface area (Å²) >= 11 is 0. The molecule has 2 rings (SSSR count). The lowest BCUT2D eigenvalue weighted by Crippen LogP contribution is -2.33. The second kappa shape index (κ2) is 7.20. The minimum atomic E-state index is -3.23. The van der Waals surface area contributed by atoms with Crippen molar-refractivity contribution < 1.29 is 8.42 Å². The van der Waals surface area contributed by atoms with Gasteiger partial charge in [0, 0.05) is 12.6 Å². The Kier molecular flexibility index (Phi) is 5.57. The molecule has 2 N–H and O–H groups in total. The smallest absolute Gasteiger partial charge is 0.216 e. The van der Waals surface area contributed by atoms with E-state index in [0.29, 0.717) is 0 Å². The van der Waals surface area contributed by atoms with E-state index in [1.165, 1.54) is 0 Å². The highest BCUT2D eigenvalue weighted by atomic mass is 32.2. The molecule has 1 fully saturated rings. The zero-order chi connectivity index (χ0) is 14.4. The van der Waals surface area contributed by atoms with Gasteiger partial charge in [-0.15, -0.1) is 0 Å². The van der Waals surface area contributed by atoms with E-state index in [-0.39, 0.29) is 11.8 Å². The van der Waals surface area contributed by atoms with Crippen LogP contribution in [0, 0.1) is 0 Å². The van der Waals surface area contributed by atoms with Crippen molar-refractivity contribution >= 4 is 10.0 Å². The Hall–Kier alpha value is -0.910. The summed E-state index contributed by atoms with van der Waals surface area (Å²) in [7, 11) is -3.23. The quantitative estimate of drug-likeness (QED) is 0.810. The standard InChI is InChI=1S/C15H24N2O2S/c1-2-16-11-13-6-5-7-14(10-13)12-20(18,19)17-15-8-3-4-9-15/h5-7,10,15-17H,2-4,8-9,11-12H2,1H3. The number of benzene rings is 1. The Labute approximate surface area is 122 Å². The van der Waals surface area contributed by atoms with Gasteiger partial charge in [-0.3, -0.25) is 0 Å². The molecule has 4 nitrogen and oxygen atoms in total. The van der Waals surface area contributed by atoms with E-state index in [0.717, 1.165) is 49.9 Å². The highest BCUT2D eigenvalue weighted by Gasteiger charge is 2.21. The van der Waals surface area contributed by atoms with Gasteiger partial charge >= 0.3 is 0 Å². The molecule has 0 bridgehead atoms. The van der Waals surface area contributed by atoms with Crippen LogP contribution >= 0.6 is 0 Å². The predicted octanol–water partition coefficient (Wildman–Crippen LogP) is 2.16. The number of nitrogens with one attached hydrogen (secondary N) is 2. The molecule has 1 aromatic carbocycles. The molecular weight excluding hydrogens is 272 g/mol. The minimum absolute atomic E-state index is 0.0729. The summed E-state index contributed by atoms with van der Waals surface area (Å²) in [6.07, 6.45) is 4.20. The topological polar surface area (TPSA) is 58.2 Å². The Morgan fingerprint density at radius 2 is 1.90 bits per heavy atom. The highest BCUT2D eigenvalue weighted by Crippen LogP contribution is 2.19. The van der Waals surface area contributed by atoms with Crippen molar-refractivity contribution in [3.8, 4) is 0 Å². The lowest BCUT2D eigenvalue weighted by atomic mass is 10.1. The molecule has 0 radical (unpaired) electrons. The molecule has 0 unspecified atom stereocenters. The van der Waals surface area contributed by atoms with Gasteiger partial charge < -0.3 is 5.32 Å². The van der Waals surface area contributed by atoms with E-state index < -0.39 is 10.0 Å². The van der Waals surface area contributed by atoms with Gasteiger partial charge in [-0.25, -0.2) is 13.1 Å². The third-order valence-electron chi connectivity index (χ3n) is 3.63. The molecule has 1 aromatic rings. The number of sulfonamides is 1. The molecule has 0 aliphatic heterocycles. The van der Waals surface area contributed by atoms with Gasteiger partial charge in [-0.1, -0.05) is 44.0 Å². The summed E-state index contributed by atoms with van der Waals surface area (Å²) in [6, 6.07) is 7.93. The van der Waals surface area contributed by atoms with E-state index in [2.05, 4.69) is 17.0 Å². The molecule has 1 aliphatic rings. The summed E-state index contributed by atoms with van der Waals surface area (Å²) in [6.45, 7) is 3.74. The SMILES string of the molecule is CCNCc1cccc(CS(=O)(=O)NC2CCCC2)c1. The van der Waals surface area contributed by atoms with Gasteiger partial charge in [0.25, 0.3) is 0 Å². The van der Waals surface area contributed by atoms with E-state index >= 15 is 0 Å². The second-order valence-electron chi connectivity index (χ2n) is 5.46. The highest BCUT2D eigenvalue weighted by molar-refractivity contribution is 7.88. The fraction of sp³-hybridized carbons (Fsp3) is 0.600. The van der Waals surface area contributed by atoms with Gasteiger partial charge in [0.05, 0.1) is 5.75 Å². The van der Waals surface area contributed by atoms with E-state index in [1.807, 2.05) is 24.3 Å². The third-order valence-corrected chi connectivity index (χ3v) is 5.03. The van der Waals surface area contributed by atoms with Gasteiger partial charge in [0.2, 0.25) is 10.0 Å². The lowest BCUT2D eigenvalue weighted by Gasteiger charge is -2.13. The molecule has 5 heteroatoms. The Balaban J connectivity index is 1.97. The largest absolute Gasteiger partial charge is 0.313 e. The van der Waals surface area contributed by atoms with Gasteiger partial charge in [-0.2, -0.15) is 0 Å². The van der Waals surface area contributed by atoms with Crippen molar-refractivity contribution in [3.63, 3.8) is 0 Å². The molecule has 20 heavy (non-hydrogen) atoms. The molecule has 0 atom stereocenters. The Morgan fingerprint density at radius 3 is 2.60 bits per heavy atom. The van der Waals surface area contributed by atoms with Gasteiger partial charge in [0.15, 0.2) is 0 Å². The Bertz CT molecular complexity index is 522. The minimum Gasteiger partial charge on any atom is -0.313 e. The Morgan fingerprint density at radius 1 is 1.20 bits per heavy atom. The average molecular weight is 296 g/mol. The van der Waals surface area contributed by atoms with E-state index in [4.69, 9.17) is 0 Å².